The van der Waals surface area contributed by atoms with E-state index in [4.69, 9.17) is 16.3 Å². The van der Waals surface area contributed by atoms with E-state index in [2.05, 4.69) is 12.2 Å². The summed E-state index contributed by atoms with van der Waals surface area (Å²) in [6.07, 6.45) is 0.218. The molecule has 2 atom stereocenters. The Morgan fingerprint density at radius 2 is 1.93 bits per heavy atom. The molecule has 6 heteroatoms. The van der Waals surface area contributed by atoms with Gasteiger partial charge in [-0.05, 0) is 48.7 Å². The molecular formula is C21H27ClN2O3. The van der Waals surface area contributed by atoms with Crippen LogP contribution in [0.1, 0.15) is 24.2 Å². The van der Waals surface area contributed by atoms with Crippen molar-refractivity contribution in [2.45, 2.75) is 25.5 Å². The number of aliphatic hydroxyl groups excluding tert-OH is 1. The monoisotopic (exact) mass is 390 g/mol. The molecule has 0 saturated carbocycles. The largest absolute Gasteiger partial charge is 0.484 e. The lowest BCUT2D eigenvalue weighted by Crippen LogP contribution is -2.32. The summed E-state index contributed by atoms with van der Waals surface area (Å²) in [5, 5.41) is 14.2. The SMILES string of the molecule is CC(Cc1ccc(OCC(=O)N(C)C)cc1)NC[C@@H](O)c1cccc(Cl)c1. The minimum absolute atomic E-state index is 0.0334. The van der Waals surface area contributed by atoms with E-state index in [9.17, 15) is 9.90 Å². The van der Waals surface area contributed by atoms with Crippen molar-refractivity contribution in [1.29, 1.82) is 0 Å². The van der Waals surface area contributed by atoms with Crippen molar-refractivity contribution in [3.63, 3.8) is 0 Å². The number of rotatable bonds is 9. The normalized spacial score (nSPS) is 13.1. The van der Waals surface area contributed by atoms with Gasteiger partial charge in [-0.25, -0.2) is 0 Å². The lowest BCUT2D eigenvalue weighted by Gasteiger charge is -2.18. The predicted octanol–water partition coefficient (Wildman–Crippen LogP) is 3.06. The number of carbonyl (C=O) groups excluding carboxylic acids is 1. The van der Waals surface area contributed by atoms with Crippen molar-refractivity contribution in [1.82, 2.24) is 10.2 Å². The van der Waals surface area contributed by atoms with Crippen LogP contribution in [-0.2, 0) is 11.2 Å². The van der Waals surface area contributed by atoms with Crippen LogP contribution < -0.4 is 10.1 Å². The van der Waals surface area contributed by atoms with Crippen LogP contribution in [0.15, 0.2) is 48.5 Å². The highest BCUT2D eigenvalue weighted by atomic mass is 35.5. The summed E-state index contributed by atoms with van der Waals surface area (Å²) in [5.74, 6) is 0.598. The quantitative estimate of drug-likeness (QED) is 0.690. The molecule has 0 aromatic heterocycles. The summed E-state index contributed by atoms with van der Waals surface area (Å²) in [4.78, 5) is 13.0. The maximum Gasteiger partial charge on any atom is 0.259 e. The van der Waals surface area contributed by atoms with E-state index in [1.54, 1.807) is 26.2 Å². The van der Waals surface area contributed by atoms with Crippen molar-refractivity contribution in [2.75, 3.05) is 27.2 Å². The molecule has 0 spiro atoms. The number of aliphatic hydroxyl groups is 1. The van der Waals surface area contributed by atoms with E-state index in [1.165, 1.54) is 4.90 Å². The Hall–Kier alpha value is -2.08. The molecule has 1 amide bonds. The molecule has 0 fully saturated rings. The van der Waals surface area contributed by atoms with Gasteiger partial charge in [-0.1, -0.05) is 35.9 Å². The van der Waals surface area contributed by atoms with Crippen molar-refractivity contribution in [3.8, 4) is 5.75 Å². The van der Waals surface area contributed by atoms with Crippen LogP contribution in [0.3, 0.4) is 0 Å². The van der Waals surface area contributed by atoms with Crippen molar-refractivity contribution in [2.24, 2.45) is 0 Å². The van der Waals surface area contributed by atoms with E-state index < -0.39 is 6.10 Å². The zero-order valence-corrected chi connectivity index (χ0v) is 16.7. The van der Waals surface area contributed by atoms with Gasteiger partial charge in [0.1, 0.15) is 5.75 Å². The van der Waals surface area contributed by atoms with Crippen LogP contribution >= 0.6 is 11.6 Å². The second kappa shape index (κ2) is 10.3. The van der Waals surface area contributed by atoms with Crippen LogP contribution in [0.25, 0.3) is 0 Å². The maximum absolute atomic E-state index is 11.5. The zero-order valence-electron chi connectivity index (χ0n) is 16.0. The molecule has 5 nitrogen and oxygen atoms in total. The van der Waals surface area contributed by atoms with Crippen LogP contribution in [-0.4, -0.2) is 49.2 Å². The Balaban J connectivity index is 1.78. The summed E-state index contributed by atoms with van der Waals surface area (Å²) >= 11 is 5.96. The Morgan fingerprint density at radius 3 is 2.56 bits per heavy atom. The van der Waals surface area contributed by atoms with E-state index in [1.807, 2.05) is 36.4 Å². The molecule has 146 valence electrons. The number of likely N-dealkylation sites (N-methyl/N-ethyl adjacent to an activating group) is 1. The number of benzene rings is 2. The van der Waals surface area contributed by atoms with Gasteiger partial charge in [0.2, 0.25) is 0 Å². The van der Waals surface area contributed by atoms with Gasteiger partial charge in [-0.3, -0.25) is 4.79 Å². The average molecular weight is 391 g/mol. The van der Waals surface area contributed by atoms with Gasteiger partial charge in [-0.2, -0.15) is 0 Å². The third-order valence-electron chi connectivity index (χ3n) is 4.22. The molecule has 2 aromatic rings. The van der Waals surface area contributed by atoms with E-state index >= 15 is 0 Å². The number of halogens is 1. The summed E-state index contributed by atoms with van der Waals surface area (Å²) < 4.78 is 5.48. The molecule has 0 heterocycles. The second-order valence-corrected chi connectivity index (χ2v) is 7.24. The molecule has 0 aliphatic heterocycles. The fourth-order valence-corrected chi connectivity index (χ4v) is 2.76. The molecular weight excluding hydrogens is 364 g/mol. The predicted molar refractivity (Wildman–Crippen MR) is 108 cm³/mol. The highest BCUT2D eigenvalue weighted by Crippen LogP contribution is 2.18. The minimum Gasteiger partial charge on any atom is -0.484 e. The minimum atomic E-state index is -0.601. The Labute approximate surface area is 165 Å². The van der Waals surface area contributed by atoms with E-state index in [-0.39, 0.29) is 18.6 Å². The number of hydrogen-bond donors (Lipinski definition) is 2. The number of nitrogens with zero attached hydrogens (tertiary/aromatic N) is 1. The number of amides is 1. The van der Waals surface area contributed by atoms with E-state index in [0.29, 0.717) is 17.3 Å². The lowest BCUT2D eigenvalue weighted by atomic mass is 10.1. The zero-order chi connectivity index (χ0) is 19.8. The van der Waals surface area contributed by atoms with Gasteiger partial charge in [0.25, 0.3) is 5.91 Å². The summed E-state index contributed by atoms with van der Waals surface area (Å²) in [5.41, 5.74) is 1.95. The number of ether oxygens (including phenoxy) is 1. The van der Waals surface area contributed by atoms with E-state index in [0.717, 1.165) is 17.5 Å². The third kappa shape index (κ3) is 7.21. The fraction of sp³-hybridized carbons (Fsp3) is 0.381. The van der Waals surface area contributed by atoms with Crippen LogP contribution in [0.5, 0.6) is 5.75 Å². The Kier molecular flexibility index (Phi) is 8.10. The standard InChI is InChI=1S/C21H27ClN2O3/c1-15(23-13-20(25)17-5-4-6-18(22)12-17)11-16-7-9-19(10-8-16)27-14-21(26)24(2)3/h4-10,12,15,20,23,25H,11,13-14H2,1-3H3/t15?,20-/m1/s1. The summed E-state index contributed by atoms with van der Waals surface area (Å²) in [7, 11) is 3.40. The molecule has 0 aliphatic carbocycles. The topological polar surface area (TPSA) is 61.8 Å². The summed E-state index contributed by atoms with van der Waals surface area (Å²) in [6.45, 7) is 2.56. The highest BCUT2D eigenvalue weighted by molar-refractivity contribution is 6.30. The molecule has 1 unspecified atom stereocenters. The fourth-order valence-electron chi connectivity index (χ4n) is 2.57. The van der Waals surface area contributed by atoms with Gasteiger partial charge >= 0.3 is 0 Å². The van der Waals surface area contributed by atoms with Crippen molar-refractivity contribution >= 4 is 17.5 Å². The average Bonchev–Trinajstić information content (AvgIpc) is 2.65. The first-order chi connectivity index (χ1) is 12.8. The first-order valence-electron chi connectivity index (χ1n) is 8.94. The molecule has 2 aromatic carbocycles. The van der Waals surface area contributed by atoms with Gasteiger partial charge in [0.05, 0.1) is 6.10 Å². The van der Waals surface area contributed by atoms with Gasteiger partial charge in [-0.15, -0.1) is 0 Å². The third-order valence-corrected chi connectivity index (χ3v) is 4.45. The van der Waals surface area contributed by atoms with Crippen molar-refractivity contribution in [3.05, 3.63) is 64.7 Å². The number of carbonyl (C=O) groups is 1. The first kappa shape index (κ1) is 21.2. The van der Waals surface area contributed by atoms with Gasteiger partial charge < -0.3 is 20.1 Å². The van der Waals surface area contributed by atoms with Crippen LogP contribution in [0.4, 0.5) is 0 Å². The van der Waals surface area contributed by atoms with Crippen LogP contribution in [0.2, 0.25) is 5.02 Å². The Bertz CT molecular complexity index is 734. The van der Waals surface area contributed by atoms with Crippen LogP contribution in [0, 0.1) is 0 Å². The smallest absolute Gasteiger partial charge is 0.259 e. The van der Waals surface area contributed by atoms with Gasteiger partial charge in [0.15, 0.2) is 6.61 Å². The molecule has 0 saturated heterocycles. The molecule has 0 radical (unpaired) electrons. The number of hydrogen-bond acceptors (Lipinski definition) is 4. The first-order valence-corrected chi connectivity index (χ1v) is 9.31. The molecule has 0 aliphatic rings. The highest BCUT2D eigenvalue weighted by Gasteiger charge is 2.11. The second-order valence-electron chi connectivity index (χ2n) is 6.81. The number of nitrogens with one attached hydrogen (secondary N) is 1. The molecule has 2 N–H and O–H groups in total. The summed E-state index contributed by atoms with van der Waals surface area (Å²) in [6, 6.07) is 15.2. The van der Waals surface area contributed by atoms with Crippen molar-refractivity contribution < 1.29 is 14.6 Å². The molecule has 2 rings (SSSR count). The molecule has 0 bridgehead atoms. The lowest BCUT2D eigenvalue weighted by molar-refractivity contribution is -0.130. The maximum atomic E-state index is 11.5. The molecule has 27 heavy (non-hydrogen) atoms. The van der Waals surface area contributed by atoms with Gasteiger partial charge in [0, 0.05) is 31.7 Å². The Morgan fingerprint density at radius 1 is 1.22 bits per heavy atom.